The molecule has 1 aliphatic rings. The predicted octanol–water partition coefficient (Wildman–Crippen LogP) is 2.90. The summed E-state index contributed by atoms with van der Waals surface area (Å²) in [6.45, 7) is 5.20. The minimum atomic E-state index is -0.0860. The van der Waals surface area contributed by atoms with Gasteiger partial charge in [0.05, 0.1) is 30.0 Å². The summed E-state index contributed by atoms with van der Waals surface area (Å²) >= 11 is 0. The zero-order valence-electron chi connectivity index (χ0n) is 17.1. The molecule has 1 aromatic carbocycles. The Morgan fingerprint density at radius 1 is 1.20 bits per heavy atom. The molecule has 0 radical (unpaired) electrons. The molecule has 156 valence electrons. The van der Waals surface area contributed by atoms with Crippen molar-refractivity contribution in [2.24, 2.45) is 0 Å². The molecular formula is C22H25N5O3. The topological polar surface area (TPSA) is 84.1 Å². The molecule has 0 aliphatic carbocycles. The molecule has 1 saturated heterocycles. The molecule has 1 aliphatic heterocycles. The van der Waals surface area contributed by atoms with Crippen molar-refractivity contribution in [2.45, 2.75) is 45.4 Å². The molecule has 4 heterocycles. The molecule has 0 unspecified atom stereocenters. The Morgan fingerprint density at radius 2 is 2.03 bits per heavy atom. The lowest BCUT2D eigenvalue weighted by Crippen LogP contribution is -2.22. The van der Waals surface area contributed by atoms with E-state index in [1.807, 2.05) is 35.8 Å². The highest BCUT2D eigenvalue weighted by atomic mass is 16.5. The van der Waals surface area contributed by atoms with E-state index >= 15 is 0 Å². The Balaban J connectivity index is 1.68. The number of aromatic nitrogens is 5. The SMILES string of the molecule is CCOCCCn1cnc2c(c1=O)c1nc3ccccc3nc1n2C[C@H]1CCCO1. The van der Waals surface area contributed by atoms with Crippen LogP contribution in [0.1, 0.15) is 26.2 Å². The summed E-state index contributed by atoms with van der Waals surface area (Å²) in [7, 11) is 0. The largest absolute Gasteiger partial charge is 0.382 e. The van der Waals surface area contributed by atoms with Crippen LogP contribution in [0.4, 0.5) is 0 Å². The van der Waals surface area contributed by atoms with Gasteiger partial charge in [-0.25, -0.2) is 15.0 Å². The highest BCUT2D eigenvalue weighted by Crippen LogP contribution is 2.26. The van der Waals surface area contributed by atoms with E-state index in [2.05, 4.69) is 4.98 Å². The molecule has 1 fully saturated rings. The van der Waals surface area contributed by atoms with Crippen molar-refractivity contribution >= 4 is 33.2 Å². The highest BCUT2D eigenvalue weighted by molar-refractivity contribution is 6.04. The molecule has 3 aromatic heterocycles. The molecule has 0 N–H and O–H groups in total. The molecule has 0 spiro atoms. The fourth-order valence-corrected chi connectivity index (χ4v) is 4.14. The van der Waals surface area contributed by atoms with Gasteiger partial charge >= 0.3 is 0 Å². The Hall–Kier alpha value is -2.84. The lowest BCUT2D eigenvalue weighted by Gasteiger charge is -2.12. The van der Waals surface area contributed by atoms with Gasteiger partial charge in [-0.1, -0.05) is 12.1 Å². The van der Waals surface area contributed by atoms with Crippen LogP contribution in [0.25, 0.3) is 33.2 Å². The van der Waals surface area contributed by atoms with E-state index in [-0.39, 0.29) is 11.7 Å². The number of fused-ring (bicyclic) bond motifs is 4. The van der Waals surface area contributed by atoms with E-state index in [1.165, 1.54) is 0 Å². The van der Waals surface area contributed by atoms with Crippen molar-refractivity contribution in [3.05, 3.63) is 40.9 Å². The average molecular weight is 407 g/mol. The third-order valence-corrected chi connectivity index (χ3v) is 5.62. The van der Waals surface area contributed by atoms with Crippen LogP contribution >= 0.6 is 0 Å². The van der Waals surface area contributed by atoms with Gasteiger partial charge in [0.1, 0.15) is 10.9 Å². The summed E-state index contributed by atoms with van der Waals surface area (Å²) in [5, 5.41) is 0.528. The van der Waals surface area contributed by atoms with Gasteiger partial charge in [-0.3, -0.25) is 9.36 Å². The van der Waals surface area contributed by atoms with Gasteiger partial charge in [0.15, 0.2) is 11.3 Å². The number of para-hydroxylation sites is 2. The molecule has 4 aromatic rings. The number of nitrogens with zero attached hydrogens (tertiary/aromatic N) is 5. The van der Waals surface area contributed by atoms with Gasteiger partial charge in [0, 0.05) is 26.4 Å². The molecule has 0 saturated carbocycles. The van der Waals surface area contributed by atoms with Gasteiger partial charge in [-0.05, 0) is 38.3 Å². The van der Waals surface area contributed by atoms with E-state index in [0.29, 0.717) is 48.5 Å². The quantitative estimate of drug-likeness (QED) is 0.438. The third-order valence-electron chi connectivity index (χ3n) is 5.62. The molecule has 0 bridgehead atoms. The predicted molar refractivity (Wildman–Crippen MR) is 115 cm³/mol. The Labute approximate surface area is 173 Å². The first kappa shape index (κ1) is 19.1. The molecule has 5 rings (SSSR count). The summed E-state index contributed by atoms with van der Waals surface area (Å²) in [5.74, 6) is 0. The first-order valence-corrected chi connectivity index (χ1v) is 10.6. The number of aryl methyl sites for hydroxylation is 1. The first-order chi connectivity index (χ1) is 14.8. The zero-order chi connectivity index (χ0) is 20.5. The highest BCUT2D eigenvalue weighted by Gasteiger charge is 2.23. The van der Waals surface area contributed by atoms with Crippen LogP contribution in [-0.2, 0) is 22.6 Å². The second-order valence-corrected chi connectivity index (χ2v) is 7.62. The number of hydrogen-bond acceptors (Lipinski definition) is 6. The average Bonchev–Trinajstić information content (AvgIpc) is 3.38. The van der Waals surface area contributed by atoms with E-state index in [9.17, 15) is 4.79 Å². The van der Waals surface area contributed by atoms with Crippen molar-refractivity contribution in [1.82, 2.24) is 24.1 Å². The standard InChI is InChI=1S/C22H25N5O3/c1-2-29-11-6-10-26-14-23-20-18(22(26)28)19-21(27(20)13-15-7-5-12-30-15)25-17-9-4-3-8-16(17)24-19/h3-4,8-9,14-15H,2,5-7,10-13H2,1H3/t15-/m1/s1. The molecule has 30 heavy (non-hydrogen) atoms. The lowest BCUT2D eigenvalue weighted by atomic mass is 10.2. The summed E-state index contributed by atoms with van der Waals surface area (Å²) < 4.78 is 14.9. The fourth-order valence-electron chi connectivity index (χ4n) is 4.14. The summed E-state index contributed by atoms with van der Waals surface area (Å²) in [6.07, 6.45) is 4.53. The van der Waals surface area contributed by atoms with Crippen LogP contribution in [0, 0.1) is 0 Å². The van der Waals surface area contributed by atoms with Crippen LogP contribution < -0.4 is 5.56 Å². The van der Waals surface area contributed by atoms with Gasteiger partial charge in [-0.2, -0.15) is 0 Å². The smallest absolute Gasteiger partial charge is 0.265 e. The van der Waals surface area contributed by atoms with Crippen molar-refractivity contribution < 1.29 is 9.47 Å². The Kier molecular flexibility index (Phi) is 5.18. The normalized spacial score (nSPS) is 16.9. The van der Waals surface area contributed by atoms with E-state index in [0.717, 1.165) is 36.9 Å². The molecule has 0 amide bonds. The van der Waals surface area contributed by atoms with Crippen LogP contribution in [0.5, 0.6) is 0 Å². The fraction of sp³-hybridized carbons (Fsp3) is 0.455. The second-order valence-electron chi connectivity index (χ2n) is 7.62. The van der Waals surface area contributed by atoms with E-state index < -0.39 is 0 Å². The van der Waals surface area contributed by atoms with Crippen molar-refractivity contribution in [3.63, 3.8) is 0 Å². The summed E-state index contributed by atoms with van der Waals surface area (Å²) in [4.78, 5) is 27.7. The Morgan fingerprint density at radius 3 is 2.80 bits per heavy atom. The van der Waals surface area contributed by atoms with Crippen LogP contribution in [0.3, 0.4) is 0 Å². The van der Waals surface area contributed by atoms with Gasteiger partial charge in [-0.15, -0.1) is 0 Å². The van der Waals surface area contributed by atoms with Crippen LogP contribution in [-0.4, -0.2) is 50.0 Å². The third kappa shape index (κ3) is 3.36. The number of benzene rings is 1. The van der Waals surface area contributed by atoms with Crippen molar-refractivity contribution in [3.8, 4) is 0 Å². The van der Waals surface area contributed by atoms with E-state index in [4.69, 9.17) is 19.4 Å². The molecule has 8 heteroatoms. The van der Waals surface area contributed by atoms with Crippen molar-refractivity contribution in [1.29, 1.82) is 0 Å². The van der Waals surface area contributed by atoms with Crippen LogP contribution in [0.2, 0.25) is 0 Å². The van der Waals surface area contributed by atoms with E-state index in [1.54, 1.807) is 10.9 Å². The number of hydrogen-bond donors (Lipinski definition) is 0. The van der Waals surface area contributed by atoms with Gasteiger partial charge in [0.25, 0.3) is 5.56 Å². The number of ether oxygens (including phenoxy) is 2. The van der Waals surface area contributed by atoms with Crippen molar-refractivity contribution in [2.75, 3.05) is 19.8 Å². The lowest BCUT2D eigenvalue weighted by molar-refractivity contribution is 0.0987. The monoisotopic (exact) mass is 407 g/mol. The summed E-state index contributed by atoms with van der Waals surface area (Å²) in [6, 6.07) is 7.73. The first-order valence-electron chi connectivity index (χ1n) is 10.6. The van der Waals surface area contributed by atoms with Crippen LogP contribution in [0.15, 0.2) is 35.4 Å². The maximum absolute atomic E-state index is 13.4. The van der Waals surface area contributed by atoms with Gasteiger partial charge in [0.2, 0.25) is 0 Å². The zero-order valence-corrected chi connectivity index (χ0v) is 17.1. The second kappa shape index (κ2) is 8.12. The maximum Gasteiger partial charge on any atom is 0.265 e. The maximum atomic E-state index is 13.4. The molecule has 8 nitrogen and oxygen atoms in total. The minimum absolute atomic E-state index is 0.0860. The van der Waals surface area contributed by atoms with Gasteiger partial charge < -0.3 is 14.0 Å². The minimum Gasteiger partial charge on any atom is -0.382 e. The number of rotatable bonds is 7. The molecular weight excluding hydrogens is 382 g/mol. The Bertz CT molecular complexity index is 1260. The summed E-state index contributed by atoms with van der Waals surface area (Å²) in [5.41, 5.74) is 3.42. The molecule has 1 atom stereocenters.